The maximum atomic E-state index is 10.3. The molecule has 0 amide bonds. The Hall–Kier alpha value is -0.230. The number of halogens is 3. The van der Waals surface area contributed by atoms with E-state index in [0.29, 0.717) is 16.7 Å². The van der Waals surface area contributed by atoms with Gasteiger partial charge in [0.15, 0.2) is 0 Å². The van der Waals surface area contributed by atoms with Crippen molar-refractivity contribution in [3.63, 3.8) is 0 Å². The Balaban J connectivity index is 0.00000132. The minimum Gasteiger partial charge on any atom is -0.508 e. The van der Waals surface area contributed by atoms with Crippen molar-refractivity contribution >= 4 is 36.4 Å². The largest absolute Gasteiger partial charge is 0.508 e. The zero-order valence-electron chi connectivity index (χ0n) is 13.0. The summed E-state index contributed by atoms with van der Waals surface area (Å²) in [5.74, 6) is 0.871. The Kier molecular flexibility index (Phi) is 8.98. The van der Waals surface area contributed by atoms with Gasteiger partial charge in [0.05, 0.1) is 0 Å². The third kappa shape index (κ3) is 5.12. The lowest BCUT2D eigenvalue weighted by Crippen LogP contribution is -2.47. The van der Waals surface area contributed by atoms with Gasteiger partial charge in [-0.05, 0) is 37.0 Å². The number of piperazine rings is 1. The summed E-state index contributed by atoms with van der Waals surface area (Å²) in [6.07, 6.45) is 2.08. The number of aromatic hydroxyl groups is 1. The molecule has 0 spiro atoms. The smallest absolute Gasteiger partial charge is 0.120 e. The molecule has 1 aromatic carbocycles. The molecule has 23 heavy (non-hydrogen) atoms. The van der Waals surface area contributed by atoms with Crippen molar-refractivity contribution in [2.75, 3.05) is 39.4 Å². The predicted molar refractivity (Wildman–Crippen MR) is 98.3 cm³/mol. The molecule has 2 N–H and O–H groups in total. The Morgan fingerprint density at radius 3 is 2.48 bits per heavy atom. The lowest BCUT2D eigenvalue weighted by Gasteiger charge is -2.41. The molecule has 0 saturated carbocycles. The normalized spacial score (nSPS) is 21.1. The summed E-state index contributed by atoms with van der Waals surface area (Å²) in [5, 5.41) is 14.4. The zero-order chi connectivity index (χ0) is 14.7. The maximum absolute atomic E-state index is 10.3. The van der Waals surface area contributed by atoms with Crippen LogP contribution in [0, 0.1) is 5.92 Å². The second-order valence-electron chi connectivity index (χ2n) is 5.88. The average Bonchev–Trinajstić information content (AvgIpc) is 2.53. The number of benzene rings is 1. The highest BCUT2D eigenvalue weighted by Gasteiger charge is 2.32. The summed E-state index contributed by atoms with van der Waals surface area (Å²) in [5.41, 5.74) is 0.969. The summed E-state index contributed by atoms with van der Waals surface area (Å²) in [7, 11) is 0. The van der Waals surface area contributed by atoms with Crippen LogP contribution in [-0.2, 0) is 4.74 Å². The minimum atomic E-state index is 0. The van der Waals surface area contributed by atoms with Gasteiger partial charge >= 0.3 is 0 Å². The number of hydrogen-bond donors (Lipinski definition) is 2. The first-order valence-corrected chi connectivity index (χ1v) is 8.14. The molecule has 3 rings (SSSR count). The molecule has 2 aliphatic rings. The van der Waals surface area contributed by atoms with Crippen LogP contribution in [0.1, 0.15) is 24.4 Å². The lowest BCUT2D eigenvalue weighted by molar-refractivity contribution is 0.0206. The van der Waals surface area contributed by atoms with Crippen LogP contribution in [-0.4, -0.2) is 49.4 Å². The molecule has 0 bridgehead atoms. The molecule has 0 aromatic heterocycles. The number of nitrogens with zero attached hydrogens (tertiary/aromatic N) is 1. The Morgan fingerprint density at radius 1 is 1.17 bits per heavy atom. The molecule has 2 heterocycles. The van der Waals surface area contributed by atoms with Crippen molar-refractivity contribution in [2.45, 2.75) is 18.9 Å². The molecule has 0 unspecified atom stereocenters. The fraction of sp³-hybridized carbons (Fsp3) is 0.625. The summed E-state index contributed by atoms with van der Waals surface area (Å²) < 4.78 is 5.51. The summed E-state index contributed by atoms with van der Waals surface area (Å²) in [6, 6.07) is 5.62. The zero-order valence-corrected chi connectivity index (χ0v) is 15.4. The topological polar surface area (TPSA) is 44.7 Å². The monoisotopic (exact) mass is 382 g/mol. The van der Waals surface area contributed by atoms with Crippen LogP contribution >= 0.6 is 36.4 Å². The quantitative estimate of drug-likeness (QED) is 0.841. The molecule has 2 fully saturated rings. The Morgan fingerprint density at radius 2 is 1.83 bits per heavy atom. The van der Waals surface area contributed by atoms with Crippen molar-refractivity contribution < 1.29 is 9.84 Å². The first-order chi connectivity index (χ1) is 10.3. The van der Waals surface area contributed by atoms with Gasteiger partial charge in [0.2, 0.25) is 0 Å². The van der Waals surface area contributed by atoms with Gasteiger partial charge in [0.25, 0.3) is 0 Å². The SMILES string of the molecule is Cl.Cl.Oc1ccc(Cl)cc1[C@@H](C1CCOCC1)N1CCNCC1. The molecule has 0 radical (unpaired) electrons. The molecule has 1 aromatic rings. The standard InChI is InChI=1S/C16H23ClN2O2.2ClH/c17-13-1-2-15(20)14(11-13)16(12-3-9-21-10-4-12)19-7-5-18-6-8-19;;/h1-2,11-12,16,18,20H,3-10H2;2*1H/t16-;;/m1../s1. The molecule has 2 saturated heterocycles. The second kappa shape index (κ2) is 9.92. The van der Waals surface area contributed by atoms with Crippen molar-refractivity contribution in [3.05, 3.63) is 28.8 Å². The van der Waals surface area contributed by atoms with Crippen LogP contribution in [0.3, 0.4) is 0 Å². The lowest BCUT2D eigenvalue weighted by atomic mass is 9.85. The van der Waals surface area contributed by atoms with E-state index in [1.165, 1.54) is 0 Å². The van der Waals surface area contributed by atoms with Gasteiger partial charge in [0.1, 0.15) is 5.75 Å². The summed E-state index contributed by atoms with van der Waals surface area (Å²) >= 11 is 6.17. The van der Waals surface area contributed by atoms with Gasteiger partial charge < -0.3 is 15.2 Å². The van der Waals surface area contributed by atoms with Crippen LogP contribution in [0.4, 0.5) is 0 Å². The molecule has 2 aliphatic heterocycles. The highest BCUT2D eigenvalue weighted by Crippen LogP contribution is 2.40. The summed E-state index contributed by atoms with van der Waals surface area (Å²) in [4.78, 5) is 2.48. The predicted octanol–water partition coefficient (Wildman–Crippen LogP) is 3.26. The van der Waals surface area contributed by atoms with E-state index in [9.17, 15) is 5.11 Å². The van der Waals surface area contributed by atoms with E-state index < -0.39 is 0 Å². The third-order valence-electron chi connectivity index (χ3n) is 4.57. The van der Waals surface area contributed by atoms with Gasteiger partial charge in [-0.15, -0.1) is 24.8 Å². The van der Waals surface area contributed by atoms with E-state index in [1.54, 1.807) is 12.1 Å². The molecule has 7 heteroatoms. The van der Waals surface area contributed by atoms with E-state index >= 15 is 0 Å². The number of phenols is 1. The summed E-state index contributed by atoms with van der Waals surface area (Å²) in [6.45, 7) is 5.65. The fourth-order valence-corrected chi connectivity index (χ4v) is 3.68. The van der Waals surface area contributed by atoms with Crippen LogP contribution in [0.15, 0.2) is 18.2 Å². The van der Waals surface area contributed by atoms with Crippen LogP contribution in [0.5, 0.6) is 5.75 Å². The minimum absolute atomic E-state index is 0. The van der Waals surface area contributed by atoms with Gasteiger partial charge in [-0.1, -0.05) is 11.6 Å². The Labute approximate surface area is 155 Å². The van der Waals surface area contributed by atoms with E-state index in [4.69, 9.17) is 16.3 Å². The van der Waals surface area contributed by atoms with Crippen molar-refractivity contribution in [2.24, 2.45) is 5.92 Å². The molecule has 132 valence electrons. The average molecular weight is 384 g/mol. The molecule has 1 atom stereocenters. The Bertz CT molecular complexity index is 460. The van der Waals surface area contributed by atoms with Crippen molar-refractivity contribution in [3.8, 4) is 5.75 Å². The highest BCUT2D eigenvalue weighted by atomic mass is 35.5. The molecular formula is C16H25Cl3N2O2. The van der Waals surface area contributed by atoms with Crippen molar-refractivity contribution in [1.82, 2.24) is 10.2 Å². The third-order valence-corrected chi connectivity index (χ3v) is 4.80. The number of hydrogen-bond acceptors (Lipinski definition) is 4. The number of phenolic OH excluding ortho intramolecular Hbond substituents is 1. The van der Waals surface area contributed by atoms with Gasteiger partial charge in [0, 0.05) is 56.0 Å². The molecule has 0 aliphatic carbocycles. The van der Waals surface area contributed by atoms with Gasteiger partial charge in [-0.2, -0.15) is 0 Å². The first-order valence-electron chi connectivity index (χ1n) is 7.76. The van der Waals surface area contributed by atoms with Gasteiger partial charge in [-0.3, -0.25) is 4.90 Å². The van der Waals surface area contributed by atoms with Crippen LogP contribution < -0.4 is 5.32 Å². The van der Waals surface area contributed by atoms with Crippen LogP contribution in [0.25, 0.3) is 0 Å². The van der Waals surface area contributed by atoms with Crippen molar-refractivity contribution in [1.29, 1.82) is 0 Å². The number of rotatable bonds is 3. The fourth-order valence-electron chi connectivity index (χ4n) is 3.50. The van der Waals surface area contributed by atoms with Crippen LogP contribution in [0.2, 0.25) is 5.02 Å². The molecule has 4 nitrogen and oxygen atoms in total. The first kappa shape index (κ1) is 20.8. The number of ether oxygens (including phenoxy) is 1. The van der Waals surface area contributed by atoms with E-state index in [2.05, 4.69) is 10.2 Å². The van der Waals surface area contributed by atoms with E-state index in [1.807, 2.05) is 6.07 Å². The maximum Gasteiger partial charge on any atom is 0.120 e. The van der Waals surface area contributed by atoms with E-state index in [0.717, 1.165) is 57.8 Å². The highest BCUT2D eigenvalue weighted by molar-refractivity contribution is 6.30. The van der Waals surface area contributed by atoms with E-state index in [-0.39, 0.29) is 30.9 Å². The number of nitrogens with one attached hydrogen (secondary N) is 1. The second-order valence-corrected chi connectivity index (χ2v) is 6.32. The molecular weight excluding hydrogens is 359 g/mol. The van der Waals surface area contributed by atoms with Gasteiger partial charge in [-0.25, -0.2) is 0 Å².